The molecule has 4 rings (SSSR count). The molecule has 1 fully saturated rings. The predicted octanol–water partition coefficient (Wildman–Crippen LogP) is 4.31. The molecule has 2 amide bonds. The van der Waals surface area contributed by atoms with E-state index in [0.29, 0.717) is 13.1 Å². The Balaban J connectivity index is 1.28. The summed E-state index contributed by atoms with van der Waals surface area (Å²) in [5, 5.41) is 2.88. The van der Waals surface area contributed by atoms with E-state index in [9.17, 15) is 9.59 Å². The van der Waals surface area contributed by atoms with Crippen LogP contribution in [0.25, 0.3) is 6.08 Å². The molecule has 0 saturated carbocycles. The van der Waals surface area contributed by atoms with Crippen LogP contribution in [0.4, 0.5) is 11.4 Å². The summed E-state index contributed by atoms with van der Waals surface area (Å²) in [5.74, 6) is 0.670. The Morgan fingerprint density at radius 1 is 0.848 bits per heavy atom. The third-order valence-corrected chi connectivity index (χ3v) is 5.63. The molecule has 1 heterocycles. The molecule has 1 saturated heterocycles. The molecule has 0 aliphatic carbocycles. The van der Waals surface area contributed by atoms with Crippen LogP contribution < -0.4 is 15.0 Å². The minimum atomic E-state index is -0.188. The number of hydrogen-bond acceptors (Lipinski definition) is 4. The number of carbonyl (C=O) groups is 2. The van der Waals surface area contributed by atoms with Crippen molar-refractivity contribution in [1.29, 1.82) is 0 Å². The van der Waals surface area contributed by atoms with Gasteiger partial charge in [0.05, 0.1) is 7.11 Å². The van der Waals surface area contributed by atoms with Crippen molar-refractivity contribution in [2.45, 2.75) is 0 Å². The zero-order valence-corrected chi connectivity index (χ0v) is 18.6. The molecule has 168 valence electrons. The predicted molar refractivity (Wildman–Crippen MR) is 132 cm³/mol. The molecule has 0 bridgehead atoms. The van der Waals surface area contributed by atoms with E-state index in [1.807, 2.05) is 83.8 Å². The highest BCUT2D eigenvalue weighted by Crippen LogP contribution is 2.20. The lowest BCUT2D eigenvalue weighted by atomic mass is 10.1. The van der Waals surface area contributed by atoms with Crippen molar-refractivity contribution in [1.82, 2.24) is 4.90 Å². The van der Waals surface area contributed by atoms with Crippen molar-refractivity contribution in [2.75, 3.05) is 43.5 Å². The topological polar surface area (TPSA) is 61.9 Å². The van der Waals surface area contributed by atoms with Gasteiger partial charge in [-0.05, 0) is 60.2 Å². The van der Waals surface area contributed by atoms with Gasteiger partial charge in [0.2, 0.25) is 5.91 Å². The van der Waals surface area contributed by atoms with Crippen LogP contribution in [0.15, 0.2) is 84.9 Å². The largest absolute Gasteiger partial charge is 0.497 e. The van der Waals surface area contributed by atoms with Gasteiger partial charge in [-0.1, -0.05) is 30.3 Å². The first kappa shape index (κ1) is 22.1. The summed E-state index contributed by atoms with van der Waals surface area (Å²) < 4.78 is 5.14. The maximum absolute atomic E-state index is 12.6. The Bertz CT molecular complexity index is 1100. The highest BCUT2D eigenvalue weighted by Gasteiger charge is 2.22. The Hall–Kier alpha value is -4.06. The maximum Gasteiger partial charge on any atom is 0.253 e. The van der Waals surface area contributed by atoms with Gasteiger partial charge in [-0.3, -0.25) is 9.59 Å². The molecule has 6 heteroatoms. The summed E-state index contributed by atoms with van der Waals surface area (Å²) in [6, 6.07) is 24.7. The molecule has 0 radical (unpaired) electrons. The van der Waals surface area contributed by atoms with Gasteiger partial charge >= 0.3 is 0 Å². The number of benzene rings is 3. The fourth-order valence-electron chi connectivity index (χ4n) is 3.76. The highest BCUT2D eigenvalue weighted by atomic mass is 16.5. The molecule has 0 atom stereocenters. The van der Waals surface area contributed by atoms with E-state index in [1.165, 1.54) is 6.08 Å². The van der Waals surface area contributed by atoms with Crippen LogP contribution in [0.2, 0.25) is 0 Å². The van der Waals surface area contributed by atoms with Gasteiger partial charge in [0.1, 0.15) is 5.75 Å². The standard InChI is InChI=1S/C27H27N3O3/c1-33-25-14-7-21(8-15-25)9-16-26(31)28-23-10-12-24(13-11-23)29-17-19-30(20-18-29)27(32)22-5-3-2-4-6-22/h2-16H,17-20H2,1H3,(H,28,31)/b16-9+. The second-order valence-corrected chi connectivity index (χ2v) is 7.79. The van der Waals surface area contributed by atoms with E-state index >= 15 is 0 Å². The quantitative estimate of drug-likeness (QED) is 0.579. The number of carbonyl (C=O) groups excluding carboxylic acids is 2. The van der Waals surface area contributed by atoms with E-state index in [1.54, 1.807) is 13.2 Å². The van der Waals surface area contributed by atoms with Gasteiger partial charge in [-0.25, -0.2) is 0 Å². The summed E-state index contributed by atoms with van der Waals surface area (Å²) in [4.78, 5) is 29.0. The smallest absolute Gasteiger partial charge is 0.253 e. The number of nitrogens with zero attached hydrogens (tertiary/aromatic N) is 2. The number of rotatable bonds is 6. The summed E-state index contributed by atoms with van der Waals surface area (Å²) in [5.41, 5.74) is 3.47. The molecule has 1 N–H and O–H groups in total. The minimum absolute atomic E-state index is 0.0796. The van der Waals surface area contributed by atoms with E-state index in [-0.39, 0.29) is 11.8 Å². The number of nitrogens with one attached hydrogen (secondary N) is 1. The number of hydrogen-bond donors (Lipinski definition) is 1. The molecular formula is C27H27N3O3. The van der Waals surface area contributed by atoms with Gasteiger partial charge in [-0.15, -0.1) is 0 Å². The second-order valence-electron chi connectivity index (χ2n) is 7.79. The molecule has 0 unspecified atom stereocenters. The fraction of sp³-hybridized carbons (Fsp3) is 0.185. The Morgan fingerprint density at radius 2 is 1.52 bits per heavy atom. The summed E-state index contributed by atoms with van der Waals surface area (Å²) in [6.07, 6.45) is 3.28. The molecule has 3 aromatic carbocycles. The lowest BCUT2D eigenvalue weighted by Crippen LogP contribution is -2.48. The van der Waals surface area contributed by atoms with Gasteiger partial charge in [0, 0.05) is 49.2 Å². The zero-order valence-electron chi connectivity index (χ0n) is 18.6. The van der Waals surface area contributed by atoms with E-state index in [4.69, 9.17) is 4.74 Å². The summed E-state index contributed by atoms with van der Waals surface area (Å²) >= 11 is 0. The molecule has 1 aliphatic heterocycles. The minimum Gasteiger partial charge on any atom is -0.497 e. The van der Waals surface area contributed by atoms with Gasteiger partial charge in [0.15, 0.2) is 0 Å². The van der Waals surface area contributed by atoms with Crippen molar-refractivity contribution < 1.29 is 14.3 Å². The van der Waals surface area contributed by atoms with E-state index < -0.39 is 0 Å². The normalized spacial score (nSPS) is 13.7. The highest BCUT2D eigenvalue weighted by molar-refractivity contribution is 6.02. The number of anilines is 2. The van der Waals surface area contributed by atoms with E-state index in [2.05, 4.69) is 10.2 Å². The van der Waals surface area contributed by atoms with Crippen molar-refractivity contribution in [3.63, 3.8) is 0 Å². The first-order valence-electron chi connectivity index (χ1n) is 10.9. The molecule has 33 heavy (non-hydrogen) atoms. The Labute approximate surface area is 194 Å². The average Bonchev–Trinajstić information content (AvgIpc) is 2.88. The van der Waals surface area contributed by atoms with Crippen LogP contribution in [0.1, 0.15) is 15.9 Å². The van der Waals surface area contributed by atoms with Gasteiger partial charge < -0.3 is 19.9 Å². The molecule has 6 nitrogen and oxygen atoms in total. The number of amides is 2. The molecule has 3 aromatic rings. The number of ether oxygens (including phenoxy) is 1. The van der Waals surface area contributed by atoms with Crippen LogP contribution >= 0.6 is 0 Å². The molecule has 1 aliphatic rings. The fourth-order valence-corrected chi connectivity index (χ4v) is 3.76. The average molecular weight is 442 g/mol. The summed E-state index contributed by atoms with van der Waals surface area (Å²) in [7, 11) is 1.62. The van der Waals surface area contributed by atoms with Crippen molar-refractivity contribution in [3.05, 3.63) is 96.1 Å². The lowest BCUT2D eigenvalue weighted by molar-refractivity contribution is -0.111. The molecule has 0 aromatic heterocycles. The Morgan fingerprint density at radius 3 is 2.15 bits per heavy atom. The van der Waals surface area contributed by atoms with Crippen molar-refractivity contribution in [3.8, 4) is 5.75 Å². The van der Waals surface area contributed by atoms with E-state index in [0.717, 1.165) is 41.3 Å². The van der Waals surface area contributed by atoms with Crippen LogP contribution in [0, 0.1) is 0 Å². The monoisotopic (exact) mass is 441 g/mol. The van der Waals surface area contributed by atoms with Gasteiger partial charge in [0.25, 0.3) is 5.91 Å². The van der Waals surface area contributed by atoms with Crippen molar-refractivity contribution >= 4 is 29.3 Å². The van der Waals surface area contributed by atoms with Crippen LogP contribution in [-0.4, -0.2) is 50.0 Å². The third-order valence-electron chi connectivity index (χ3n) is 5.63. The first-order valence-corrected chi connectivity index (χ1v) is 10.9. The molecule has 0 spiro atoms. The van der Waals surface area contributed by atoms with Crippen LogP contribution in [0.3, 0.4) is 0 Å². The zero-order chi connectivity index (χ0) is 23.0. The first-order chi connectivity index (χ1) is 16.1. The van der Waals surface area contributed by atoms with Crippen molar-refractivity contribution in [2.24, 2.45) is 0 Å². The van der Waals surface area contributed by atoms with Crippen LogP contribution in [0.5, 0.6) is 5.75 Å². The summed E-state index contributed by atoms with van der Waals surface area (Å²) in [6.45, 7) is 2.91. The van der Waals surface area contributed by atoms with Gasteiger partial charge in [-0.2, -0.15) is 0 Å². The third kappa shape index (κ3) is 5.80. The second kappa shape index (κ2) is 10.5. The lowest BCUT2D eigenvalue weighted by Gasteiger charge is -2.36. The molecular weight excluding hydrogens is 414 g/mol. The number of piperazine rings is 1. The maximum atomic E-state index is 12.6. The number of methoxy groups -OCH3 is 1. The Kier molecular flexibility index (Phi) is 7.05. The SMILES string of the molecule is COc1ccc(/C=C/C(=O)Nc2ccc(N3CCN(C(=O)c4ccccc4)CC3)cc2)cc1. The van der Waals surface area contributed by atoms with Crippen LogP contribution in [-0.2, 0) is 4.79 Å².